The van der Waals surface area contributed by atoms with Gasteiger partial charge in [-0.25, -0.2) is 9.59 Å². The molecular formula is C30H34O8. The van der Waals surface area contributed by atoms with Crippen LogP contribution in [0.2, 0.25) is 0 Å². The number of ether oxygens (including phenoxy) is 6. The van der Waals surface area contributed by atoms with Gasteiger partial charge in [0.15, 0.2) is 23.0 Å². The van der Waals surface area contributed by atoms with Crippen molar-refractivity contribution in [3.8, 4) is 23.0 Å². The number of hydrogen-bond acceptors (Lipinski definition) is 8. The van der Waals surface area contributed by atoms with Crippen molar-refractivity contribution < 1.29 is 38.0 Å². The fraction of sp³-hybridized carbons (Fsp3) is 0.333. The van der Waals surface area contributed by atoms with E-state index in [9.17, 15) is 9.59 Å². The van der Waals surface area contributed by atoms with Gasteiger partial charge in [-0.05, 0) is 75.2 Å². The van der Waals surface area contributed by atoms with Crippen LogP contribution in [0.15, 0.2) is 60.7 Å². The Morgan fingerprint density at radius 3 is 1.18 bits per heavy atom. The molecule has 8 nitrogen and oxygen atoms in total. The van der Waals surface area contributed by atoms with Crippen molar-refractivity contribution in [2.75, 3.05) is 26.4 Å². The van der Waals surface area contributed by atoms with Gasteiger partial charge in [-0.1, -0.05) is 24.3 Å². The zero-order valence-electron chi connectivity index (χ0n) is 22.3. The first kappa shape index (κ1) is 28.4. The van der Waals surface area contributed by atoms with Crippen LogP contribution in [-0.2, 0) is 22.7 Å². The third-order valence-electron chi connectivity index (χ3n) is 5.32. The van der Waals surface area contributed by atoms with Gasteiger partial charge in [-0.2, -0.15) is 0 Å². The highest BCUT2D eigenvalue weighted by atomic mass is 16.5. The highest BCUT2D eigenvalue weighted by Gasteiger charge is 2.14. The standard InChI is InChI=1S/C30H34O8/c1-5-33-25-15-13-23(17-27(25)35-7-3)29(31)37-19-21-9-11-22(12-10-21)20-38-30(32)24-14-16-26(34-6-2)28(18-24)36-8-4/h9-18H,5-8,19-20H2,1-4H3. The van der Waals surface area contributed by atoms with Gasteiger partial charge in [0.2, 0.25) is 0 Å². The SMILES string of the molecule is CCOc1ccc(C(=O)OCc2ccc(COC(=O)c3ccc(OCC)c(OCC)c3)cc2)cc1OCC. The van der Waals surface area contributed by atoms with E-state index in [4.69, 9.17) is 28.4 Å². The minimum Gasteiger partial charge on any atom is -0.490 e. The smallest absolute Gasteiger partial charge is 0.338 e. The fourth-order valence-electron chi connectivity index (χ4n) is 3.55. The fourth-order valence-corrected chi connectivity index (χ4v) is 3.55. The van der Waals surface area contributed by atoms with Gasteiger partial charge < -0.3 is 28.4 Å². The van der Waals surface area contributed by atoms with E-state index in [1.165, 1.54) is 0 Å². The monoisotopic (exact) mass is 522 g/mol. The number of carbonyl (C=O) groups excluding carboxylic acids is 2. The Morgan fingerprint density at radius 2 is 0.842 bits per heavy atom. The summed E-state index contributed by atoms with van der Waals surface area (Å²) in [4.78, 5) is 25.1. The molecule has 0 N–H and O–H groups in total. The van der Waals surface area contributed by atoms with Crippen molar-refractivity contribution in [1.29, 1.82) is 0 Å². The van der Waals surface area contributed by atoms with Crippen LogP contribution in [-0.4, -0.2) is 38.4 Å². The molecule has 0 aliphatic heterocycles. The van der Waals surface area contributed by atoms with Crippen LogP contribution >= 0.6 is 0 Å². The van der Waals surface area contributed by atoms with E-state index in [1.54, 1.807) is 36.4 Å². The summed E-state index contributed by atoms with van der Waals surface area (Å²) >= 11 is 0. The molecule has 0 atom stereocenters. The van der Waals surface area contributed by atoms with E-state index in [0.29, 0.717) is 60.6 Å². The Morgan fingerprint density at radius 1 is 0.500 bits per heavy atom. The predicted octanol–water partition coefficient (Wildman–Crippen LogP) is 6.00. The van der Waals surface area contributed by atoms with Crippen molar-refractivity contribution in [2.24, 2.45) is 0 Å². The zero-order valence-corrected chi connectivity index (χ0v) is 22.3. The lowest BCUT2D eigenvalue weighted by atomic mass is 10.1. The van der Waals surface area contributed by atoms with Crippen LogP contribution in [0, 0.1) is 0 Å². The molecule has 3 aromatic rings. The maximum absolute atomic E-state index is 12.6. The first-order chi connectivity index (χ1) is 18.5. The van der Waals surface area contributed by atoms with Gasteiger partial charge in [0.05, 0.1) is 37.6 Å². The Balaban J connectivity index is 1.54. The highest BCUT2D eigenvalue weighted by Crippen LogP contribution is 2.30. The summed E-state index contributed by atoms with van der Waals surface area (Å²) in [5.41, 5.74) is 2.36. The Kier molecular flexibility index (Phi) is 10.8. The lowest BCUT2D eigenvalue weighted by molar-refractivity contribution is 0.0459. The topological polar surface area (TPSA) is 89.5 Å². The summed E-state index contributed by atoms with van der Waals surface area (Å²) < 4.78 is 33.1. The summed E-state index contributed by atoms with van der Waals surface area (Å²) in [7, 11) is 0. The summed E-state index contributed by atoms with van der Waals surface area (Å²) in [5, 5.41) is 0. The highest BCUT2D eigenvalue weighted by molar-refractivity contribution is 5.90. The van der Waals surface area contributed by atoms with Gasteiger partial charge in [-0.15, -0.1) is 0 Å². The molecule has 0 heterocycles. The molecule has 38 heavy (non-hydrogen) atoms. The van der Waals surface area contributed by atoms with Crippen molar-refractivity contribution in [3.63, 3.8) is 0 Å². The van der Waals surface area contributed by atoms with Gasteiger partial charge in [0.25, 0.3) is 0 Å². The van der Waals surface area contributed by atoms with Gasteiger partial charge in [-0.3, -0.25) is 0 Å². The zero-order chi connectivity index (χ0) is 27.3. The predicted molar refractivity (Wildman–Crippen MR) is 142 cm³/mol. The van der Waals surface area contributed by atoms with Gasteiger partial charge >= 0.3 is 11.9 Å². The van der Waals surface area contributed by atoms with Gasteiger partial charge in [0.1, 0.15) is 13.2 Å². The molecular weight excluding hydrogens is 488 g/mol. The maximum atomic E-state index is 12.6. The third-order valence-corrected chi connectivity index (χ3v) is 5.32. The quantitative estimate of drug-likeness (QED) is 0.238. The van der Waals surface area contributed by atoms with Crippen LogP contribution in [0.25, 0.3) is 0 Å². The van der Waals surface area contributed by atoms with E-state index in [2.05, 4.69) is 0 Å². The average molecular weight is 523 g/mol. The van der Waals surface area contributed by atoms with Crippen molar-refractivity contribution in [2.45, 2.75) is 40.9 Å². The summed E-state index contributed by atoms with van der Waals surface area (Å²) in [6.45, 7) is 9.59. The lowest BCUT2D eigenvalue weighted by Crippen LogP contribution is -2.08. The molecule has 3 aromatic carbocycles. The Labute approximate surface area is 223 Å². The Bertz CT molecular complexity index is 1110. The normalized spacial score (nSPS) is 10.4. The second kappa shape index (κ2) is 14.5. The summed E-state index contributed by atoms with van der Waals surface area (Å²) in [6, 6.07) is 17.2. The van der Waals surface area contributed by atoms with Crippen LogP contribution < -0.4 is 18.9 Å². The van der Waals surface area contributed by atoms with E-state index < -0.39 is 11.9 Å². The van der Waals surface area contributed by atoms with Crippen molar-refractivity contribution in [3.05, 3.63) is 82.9 Å². The molecule has 0 aliphatic carbocycles. The molecule has 3 rings (SSSR count). The molecule has 0 saturated heterocycles. The molecule has 8 heteroatoms. The molecule has 0 radical (unpaired) electrons. The Hall–Kier alpha value is -4.20. The number of hydrogen-bond donors (Lipinski definition) is 0. The maximum Gasteiger partial charge on any atom is 0.338 e. The van der Waals surface area contributed by atoms with Crippen molar-refractivity contribution >= 4 is 11.9 Å². The van der Waals surface area contributed by atoms with E-state index in [0.717, 1.165) is 11.1 Å². The third kappa shape index (κ3) is 7.90. The molecule has 0 amide bonds. The molecule has 0 fully saturated rings. The molecule has 0 bridgehead atoms. The molecule has 0 aromatic heterocycles. The second-order valence-corrected chi connectivity index (χ2v) is 8.02. The first-order valence-electron chi connectivity index (χ1n) is 12.7. The van der Waals surface area contributed by atoms with Crippen LogP contribution in [0.5, 0.6) is 23.0 Å². The van der Waals surface area contributed by atoms with Crippen LogP contribution in [0.1, 0.15) is 59.5 Å². The van der Waals surface area contributed by atoms with Crippen LogP contribution in [0.3, 0.4) is 0 Å². The molecule has 0 saturated carbocycles. The largest absolute Gasteiger partial charge is 0.490 e. The summed E-state index contributed by atoms with van der Waals surface area (Å²) in [6.07, 6.45) is 0. The van der Waals surface area contributed by atoms with Crippen LogP contribution in [0.4, 0.5) is 0 Å². The average Bonchev–Trinajstić information content (AvgIpc) is 2.93. The minimum atomic E-state index is -0.464. The first-order valence-corrected chi connectivity index (χ1v) is 12.7. The second-order valence-electron chi connectivity index (χ2n) is 8.02. The molecule has 202 valence electrons. The number of esters is 2. The van der Waals surface area contributed by atoms with Gasteiger partial charge in [0, 0.05) is 0 Å². The van der Waals surface area contributed by atoms with Crippen molar-refractivity contribution in [1.82, 2.24) is 0 Å². The molecule has 0 aliphatic rings. The van der Waals surface area contributed by atoms with E-state index in [-0.39, 0.29) is 13.2 Å². The van der Waals surface area contributed by atoms with E-state index in [1.807, 2.05) is 52.0 Å². The minimum absolute atomic E-state index is 0.0997. The lowest BCUT2D eigenvalue weighted by Gasteiger charge is -2.13. The molecule has 0 unspecified atom stereocenters. The molecule has 0 spiro atoms. The summed E-state index contributed by atoms with van der Waals surface area (Å²) in [5.74, 6) is 1.24. The number of rotatable bonds is 14. The van der Waals surface area contributed by atoms with E-state index >= 15 is 0 Å². The number of carbonyl (C=O) groups is 2. The number of benzene rings is 3.